The van der Waals surface area contributed by atoms with Gasteiger partial charge in [-0.15, -0.1) is 0 Å². The second-order valence-corrected chi connectivity index (χ2v) is 10.8. The van der Waals surface area contributed by atoms with Gasteiger partial charge in [-0.3, -0.25) is 4.79 Å². The molecule has 1 aliphatic carbocycles. The molecule has 0 heterocycles. The summed E-state index contributed by atoms with van der Waals surface area (Å²) in [6.07, 6.45) is 9.01. The van der Waals surface area contributed by atoms with E-state index in [9.17, 15) is 9.59 Å². The van der Waals surface area contributed by atoms with Crippen molar-refractivity contribution in [3.63, 3.8) is 0 Å². The molecule has 164 valence electrons. The van der Waals surface area contributed by atoms with Gasteiger partial charge in [-0.05, 0) is 57.6 Å². The molecule has 0 aromatic heterocycles. The fourth-order valence-corrected chi connectivity index (χ4v) is 4.88. The van der Waals surface area contributed by atoms with Crippen LogP contribution in [0.5, 0.6) is 0 Å². The van der Waals surface area contributed by atoms with Crippen molar-refractivity contribution < 1.29 is 14.3 Å². The standard InChI is InChI=1S/C22H42N2O3S/c1-6-11-18(2)28-15-10-14-23-19(25)16-22(12-8-7-9-13-22)17-24-20(26)27-21(3,4)5/h18H,6-17H2,1-5H3,(H,23,25)(H,24,26). The number of hydrogen-bond acceptors (Lipinski definition) is 4. The van der Waals surface area contributed by atoms with Crippen molar-refractivity contribution in [3.8, 4) is 0 Å². The maximum Gasteiger partial charge on any atom is 0.407 e. The van der Waals surface area contributed by atoms with Crippen LogP contribution in [0.1, 0.15) is 92.4 Å². The van der Waals surface area contributed by atoms with Crippen LogP contribution in [0.2, 0.25) is 0 Å². The van der Waals surface area contributed by atoms with E-state index in [1.165, 1.54) is 19.3 Å². The molecule has 0 spiro atoms. The molecule has 0 aliphatic heterocycles. The maximum absolute atomic E-state index is 12.5. The normalized spacial score (nSPS) is 17.6. The second-order valence-electron chi connectivity index (χ2n) is 9.27. The molecule has 2 amide bonds. The molecule has 2 N–H and O–H groups in total. The third-order valence-electron chi connectivity index (χ3n) is 5.20. The van der Waals surface area contributed by atoms with Crippen molar-refractivity contribution >= 4 is 23.8 Å². The average molecular weight is 415 g/mol. The molecule has 1 aliphatic rings. The summed E-state index contributed by atoms with van der Waals surface area (Å²) in [4.78, 5) is 24.6. The average Bonchev–Trinajstić information content (AvgIpc) is 2.59. The SMILES string of the molecule is CCCC(C)SCCCNC(=O)CC1(CNC(=O)OC(C)(C)C)CCCCC1. The largest absolute Gasteiger partial charge is 0.444 e. The highest BCUT2D eigenvalue weighted by Crippen LogP contribution is 2.38. The Labute approximate surface area is 176 Å². The number of rotatable bonds is 11. The van der Waals surface area contributed by atoms with Crippen LogP contribution in [0.25, 0.3) is 0 Å². The third-order valence-corrected chi connectivity index (χ3v) is 6.53. The molecule has 6 heteroatoms. The van der Waals surface area contributed by atoms with Gasteiger partial charge in [0, 0.05) is 24.8 Å². The van der Waals surface area contributed by atoms with Crippen LogP contribution in [0, 0.1) is 5.41 Å². The number of amides is 2. The van der Waals surface area contributed by atoms with Crippen molar-refractivity contribution in [2.75, 3.05) is 18.8 Å². The van der Waals surface area contributed by atoms with E-state index in [0.717, 1.165) is 44.4 Å². The predicted octanol–water partition coefficient (Wildman–Crippen LogP) is 5.28. The minimum Gasteiger partial charge on any atom is -0.444 e. The first-order valence-electron chi connectivity index (χ1n) is 11.0. The monoisotopic (exact) mass is 414 g/mol. The number of ether oxygens (including phenoxy) is 1. The molecule has 0 aromatic rings. The van der Waals surface area contributed by atoms with Crippen molar-refractivity contribution in [1.82, 2.24) is 10.6 Å². The van der Waals surface area contributed by atoms with E-state index in [2.05, 4.69) is 24.5 Å². The van der Waals surface area contributed by atoms with Gasteiger partial charge in [0.05, 0.1) is 0 Å². The summed E-state index contributed by atoms with van der Waals surface area (Å²) >= 11 is 1.99. The van der Waals surface area contributed by atoms with E-state index < -0.39 is 11.7 Å². The van der Waals surface area contributed by atoms with Crippen LogP contribution in [-0.4, -0.2) is 41.7 Å². The zero-order valence-electron chi connectivity index (χ0n) is 18.7. The van der Waals surface area contributed by atoms with Gasteiger partial charge in [-0.2, -0.15) is 11.8 Å². The van der Waals surface area contributed by atoms with Crippen LogP contribution in [0.4, 0.5) is 4.79 Å². The smallest absolute Gasteiger partial charge is 0.407 e. The van der Waals surface area contributed by atoms with Crippen LogP contribution in [-0.2, 0) is 9.53 Å². The number of carbonyl (C=O) groups is 2. The molecule has 0 bridgehead atoms. The van der Waals surface area contributed by atoms with Gasteiger partial charge in [-0.25, -0.2) is 4.79 Å². The van der Waals surface area contributed by atoms with Crippen LogP contribution < -0.4 is 10.6 Å². The lowest BCUT2D eigenvalue weighted by Crippen LogP contribution is -2.44. The maximum atomic E-state index is 12.5. The van der Waals surface area contributed by atoms with E-state index in [1.54, 1.807) is 0 Å². The van der Waals surface area contributed by atoms with E-state index in [-0.39, 0.29) is 11.3 Å². The van der Waals surface area contributed by atoms with Gasteiger partial charge >= 0.3 is 6.09 Å². The highest BCUT2D eigenvalue weighted by atomic mass is 32.2. The first kappa shape index (κ1) is 25.1. The Morgan fingerprint density at radius 3 is 2.43 bits per heavy atom. The lowest BCUT2D eigenvalue weighted by Gasteiger charge is -2.37. The molecule has 1 unspecified atom stereocenters. The van der Waals surface area contributed by atoms with Gasteiger partial charge in [0.1, 0.15) is 5.60 Å². The van der Waals surface area contributed by atoms with E-state index in [0.29, 0.717) is 18.2 Å². The Kier molecular flexibility index (Phi) is 11.3. The number of thioether (sulfide) groups is 1. The summed E-state index contributed by atoms with van der Waals surface area (Å²) in [5.74, 6) is 1.20. The van der Waals surface area contributed by atoms with Crippen LogP contribution >= 0.6 is 11.8 Å². The molecule has 28 heavy (non-hydrogen) atoms. The lowest BCUT2D eigenvalue weighted by molar-refractivity contribution is -0.124. The van der Waals surface area contributed by atoms with E-state index in [1.807, 2.05) is 32.5 Å². The fourth-order valence-electron chi connectivity index (χ4n) is 3.77. The Hall–Kier alpha value is -0.910. The Bertz CT molecular complexity index is 471. The third kappa shape index (κ3) is 11.2. The molecule has 1 atom stereocenters. The number of nitrogens with one attached hydrogen (secondary N) is 2. The molecule has 5 nitrogen and oxygen atoms in total. The molecular formula is C22H42N2O3S. The number of alkyl carbamates (subject to hydrolysis) is 1. The Morgan fingerprint density at radius 1 is 1.14 bits per heavy atom. The summed E-state index contributed by atoms with van der Waals surface area (Å²) in [6, 6.07) is 0. The number of carbonyl (C=O) groups excluding carboxylic acids is 2. The van der Waals surface area contributed by atoms with Gasteiger partial charge < -0.3 is 15.4 Å². The highest BCUT2D eigenvalue weighted by Gasteiger charge is 2.35. The molecule has 0 aromatic carbocycles. The second kappa shape index (κ2) is 12.6. The lowest BCUT2D eigenvalue weighted by atomic mass is 9.71. The molecule has 1 fully saturated rings. The van der Waals surface area contributed by atoms with Crippen LogP contribution in [0.3, 0.4) is 0 Å². The Morgan fingerprint density at radius 2 is 1.82 bits per heavy atom. The van der Waals surface area contributed by atoms with Gasteiger partial charge in [0.15, 0.2) is 0 Å². The first-order valence-corrected chi connectivity index (χ1v) is 12.1. The van der Waals surface area contributed by atoms with Crippen molar-refractivity contribution in [2.45, 2.75) is 103 Å². The van der Waals surface area contributed by atoms with Crippen molar-refractivity contribution in [2.24, 2.45) is 5.41 Å². The fraction of sp³-hybridized carbons (Fsp3) is 0.909. The van der Waals surface area contributed by atoms with Crippen molar-refractivity contribution in [3.05, 3.63) is 0 Å². The summed E-state index contributed by atoms with van der Waals surface area (Å²) in [7, 11) is 0. The Balaban J connectivity index is 2.39. The molecule has 0 saturated heterocycles. The van der Waals surface area contributed by atoms with Crippen LogP contribution in [0.15, 0.2) is 0 Å². The zero-order valence-corrected chi connectivity index (χ0v) is 19.5. The van der Waals surface area contributed by atoms with Crippen molar-refractivity contribution in [1.29, 1.82) is 0 Å². The molecule has 1 saturated carbocycles. The minimum atomic E-state index is -0.506. The zero-order chi connectivity index (χ0) is 21.0. The topological polar surface area (TPSA) is 67.4 Å². The van der Waals surface area contributed by atoms with Gasteiger partial charge in [0.2, 0.25) is 5.91 Å². The predicted molar refractivity (Wildman–Crippen MR) is 119 cm³/mol. The first-order chi connectivity index (χ1) is 13.2. The summed E-state index contributed by atoms with van der Waals surface area (Å²) in [5.41, 5.74) is -0.641. The van der Waals surface area contributed by atoms with Gasteiger partial charge in [-0.1, -0.05) is 39.5 Å². The summed E-state index contributed by atoms with van der Waals surface area (Å²) < 4.78 is 5.35. The molecular weight excluding hydrogens is 372 g/mol. The van der Waals surface area contributed by atoms with Gasteiger partial charge in [0.25, 0.3) is 0 Å². The number of hydrogen-bond donors (Lipinski definition) is 2. The minimum absolute atomic E-state index is 0.111. The summed E-state index contributed by atoms with van der Waals surface area (Å²) in [5, 5.41) is 6.70. The van der Waals surface area contributed by atoms with E-state index in [4.69, 9.17) is 4.74 Å². The molecule has 1 rings (SSSR count). The quantitative estimate of drug-likeness (QED) is 0.451. The highest BCUT2D eigenvalue weighted by molar-refractivity contribution is 7.99. The summed E-state index contributed by atoms with van der Waals surface area (Å²) in [6.45, 7) is 11.3. The molecule has 0 radical (unpaired) electrons. The van der Waals surface area contributed by atoms with E-state index >= 15 is 0 Å².